The number of carbonyl (C=O) groups excluding carboxylic acids is 1. The molecule has 162 valence electrons. The standard InChI is InChI=1S/C23H25N3O4S/c24-22(26-7-9-31-10-8-26)16-1-3-17(4-2-16)23(29)25-19-6-5-18-11-15(12-21(27)28)14-30-20(18)13-19/h1-6,13,15,24H,7-12,14H2,(H,25,29)(H,27,28). The molecule has 0 bridgehead atoms. The highest BCUT2D eigenvalue weighted by Gasteiger charge is 2.23. The van der Waals surface area contributed by atoms with Crippen LogP contribution in [0.15, 0.2) is 42.5 Å². The molecular formula is C23H25N3O4S. The quantitative estimate of drug-likeness (QED) is 0.488. The van der Waals surface area contributed by atoms with Crippen molar-refractivity contribution < 1.29 is 19.4 Å². The summed E-state index contributed by atoms with van der Waals surface area (Å²) in [6.07, 6.45) is 0.737. The lowest BCUT2D eigenvalue weighted by Gasteiger charge is -2.28. The van der Waals surface area contributed by atoms with E-state index >= 15 is 0 Å². The molecule has 1 unspecified atom stereocenters. The largest absolute Gasteiger partial charge is 0.493 e. The molecule has 1 amide bonds. The molecule has 2 aromatic rings. The minimum atomic E-state index is -0.822. The van der Waals surface area contributed by atoms with Crippen LogP contribution in [-0.4, -0.2) is 58.9 Å². The Bertz CT molecular complexity index is 987. The molecule has 2 aliphatic rings. The minimum absolute atomic E-state index is 0.0358. The van der Waals surface area contributed by atoms with Gasteiger partial charge < -0.3 is 20.1 Å². The number of amidine groups is 1. The molecule has 0 aromatic heterocycles. The molecule has 1 atom stereocenters. The van der Waals surface area contributed by atoms with Crippen molar-refractivity contribution in [1.82, 2.24) is 4.90 Å². The zero-order chi connectivity index (χ0) is 21.8. The van der Waals surface area contributed by atoms with E-state index in [0.717, 1.165) is 35.7 Å². The lowest BCUT2D eigenvalue weighted by molar-refractivity contribution is -0.138. The van der Waals surface area contributed by atoms with E-state index in [1.165, 1.54) is 0 Å². The Morgan fingerprint density at radius 1 is 1.13 bits per heavy atom. The summed E-state index contributed by atoms with van der Waals surface area (Å²) in [4.78, 5) is 25.6. The zero-order valence-electron chi connectivity index (χ0n) is 17.1. The van der Waals surface area contributed by atoms with Crippen molar-refractivity contribution >= 4 is 35.2 Å². The summed E-state index contributed by atoms with van der Waals surface area (Å²) in [6, 6.07) is 12.6. The van der Waals surface area contributed by atoms with Crippen molar-refractivity contribution in [2.24, 2.45) is 5.92 Å². The number of hydrogen-bond donors (Lipinski definition) is 3. The predicted molar refractivity (Wildman–Crippen MR) is 122 cm³/mol. The second-order valence-electron chi connectivity index (χ2n) is 7.78. The fourth-order valence-corrected chi connectivity index (χ4v) is 4.75. The topological polar surface area (TPSA) is 103 Å². The number of fused-ring (bicyclic) bond motifs is 1. The zero-order valence-corrected chi connectivity index (χ0v) is 17.9. The van der Waals surface area contributed by atoms with E-state index in [0.29, 0.717) is 35.9 Å². The SMILES string of the molecule is N=C(c1ccc(C(=O)Nc2ccc3c(c2)OCC(CC(=O)O)C3)cc1)N1CCSCC1. The molecule has 7 nitrogen and oxygen atoms in total. The van der Waals surface area contributed by atoms with Gasteiger partial charge in [-0.2, -0.15) is 11.8 Å². The average molecular weight is 440 g/mol. The second-order valence-corrected chi connectivity index (χ2v) is 9.01. The Labute approximate surface area is 185 Å². The maximum absolute atomic E-state index is 12.7. The van der Waals surface area contributed by atoms with Crippen LogP contribution in [0.5, 0.6) is 5.75 Å². The molecule has 0 spiro atoms. The molecule has 1 fully saturated rings. The lowest BCUT2D eigenvalue weighted by Crippen LogP contribution is -2.37. The number of thioether (sulfide) groups is 1. The van der Waals surface area contributed by atoms with Crippen LogP contribution < -0.4 is 10.1 Å². The summed E-state index contributed by atoms with van der Waals surface area (Å²) < 4.78 is 5.72. The summed E-state index contributed by atoms with van der Waals surface area (Å²) in [6.45, 7) is 2.12. The van der Waals surface area contributed by atoms with Crippen LogP contribution in [0.4, 0.5) is 5.69 Å². The van der Waals surface area contributed by atoms with Gasteiger partial charge in [0.25, 0.3) is 5.91 Å². The molecule has 31 heavy (non-hydrogen) atoms. The second kappa shape index (κ2) is 9.43. The van der Waals surface area contributed by atoms with Gasteiger partial charge in [-0.05, 0) is 30.2 Å². The van der Waals surface area contributed by atoms with Gasteiger partial charge in [0.15, 0.2) is 0 Å². The van der Waals surface area contributed by atoms with Gasteiger partial charge in [0.2, 0.25) is 0 Å². The summed E-state index contributed by atoms with van der Waals surface area (Å²) in [7, 11) is 0. The fraction of sp³-hybridized carbons (Fsp3) is 0.348. The number of nitrogens with one attached hydrogen (secondary N) is 2. The Balaban J connectivity index is 1.38. The molecule has 2 aliphatic heterocycles. The smallest absolute Gasteiger partial charge is 0.303 e. The molecular weight excluding hydrogens is 414 g/mol. The first kappa shape index (κ1) is 21.2. The minimum Gasteiger partial charge on any atom is -0.493 e. The maximum atomic E-state index is 12.7. The monoisotopic (exact) mass is 439 g/mol. The Kier molecular flexibility index (Phi) is 6.46. The number of anilines is 1. The molecule has 8 heteroatoms. The molecule has 0 aliphatic carbocycles. The third-order valence-electron chi connectivity index (χ3n) is 5.52. The Morgan fingerprint density at radius 3 is 2.55 bits per heavy atom. The van der Waals surface area contributed by atoms with E-state index in [9.17, 15) is 9.59 Å². The molecule has 0 saturated carbocycles. The molecule has 2 aromatic carbocycles. The van der Waals surface area contributed by atoms with Crippen molar-refractivity contribution in [3.8, 4) is 5.75 Å². The molecule has 0 radical (unpaired) electrons. The van der Waals surface area contributed by atoms with Gasteiger partial charge in [-0.3, -0.25) is 15.0 Å². The van der Waals surface area contributed by atoms with Gasteiger partial charge in [-0.25, -0.2) is 0 Å². The van der Waals surface area contributed by atoms with E-state index in [1.54, 1.807) is 18.2 Å². The highest BCUT2D eigenvalue weighted by Crippen LogP contribution is 2.31. The van der Waals surface area contributed by atoms with E-state index in [-0.39, 0.29) is 18.2 Å². The van der Waals surface area contributed by atoms with Gasteiger partial charge in [0.05, 0.1) is 13.0 Å². The maximum Gasteiger partial charge on any atom is 0.303 e. The van der Waals surface area contributed by atoms with E-state index < -0.39 is 5.97 Å². The number of carboxylic acid groups (broad SMARTS) is 1. The Hall–Kier alpha value is -3.00. The molecule has 3 N–H and O–H groups in total. The summed E-state index contributed by atoms with van der Waals surface area (Å²) in [5.41, 5.74) is 2.91. The predicted octanol–water partition coefficient (Wildman–Crippen LogP) is 3.34. The van der Waals surface area contributed by atoms with Crippen molar-refractivity contribution in [2.45, 2.75) is 12.8 Å². The van der Waals surface area contributed by atoms with E-state index in [1.807, 2.05) is 36.0 Å². The van der Waals surface area contributed by atoms with Gasteiger partial charge in [0, 0.05) is 53.4 Å². The average Bonchev–Trinajstić information content (AvgIpc) is 2.79. The first-order valence-electron chi connectivity index (χ1n) is 10.3. The normalized spacial score (nSPS) is 17.9. The van der Waals surface area contributed by atoms with E-state index in [4.69, 9.17) is 15.3 Å². The third-order valence-corrected chi connectivity index (χ3v) is 6.46. The van der Waals surface area contributed by atoms with Gasteiger partial charge in [-0.15, -0.1) is 0 Å². The Morgan fingerprint density at radius 2 is 1.84 bits per heavy atom. The van der Waals surface area contributed by atoms with Crippen LogP contribution >= 0.6 is 11.8 Å². The number of carboxylic acids is 1. The third kappa shape index (κ3) is 5.19. The van der Waals surface area contributed by atoms with Gasteiger partial charge >= 0.3 is 5.97 Å². The van der Waals surface area contributed by atoms with Gasteiger partial charge in [-0.1, -0.05) is 18.2 Å². The lowest BCUT2D eigenvalue weighted by atomic mass is 9.94. The number of hydrogen-bond acceptors (Lipinski definition) is 5. The van der Waals surface area contributed by atoms with E-state index in [2.05, 4.69) is 10.2 Å². The van der Waals surface area contributed by atoms with Gasteiger partial charge in [0.1, 0.15) is 11.6 Å². The number of amides is 1. The van der Waals surface area contributed by atoms with Crippen LogP contribution in [0.1, 0.15) is 27.9 Å². The number of nitrogens with zero attached hydrogens (tertiary/aromatic N) is 1. The number of aliphatic carboxylic acids is 1. The summed E-state index contributed by atoms with van der Waals surface area (Å²) in [5, 5.41) is 20.2. The van der Waals surface area contributed by atoms with Crippen molar-refractivity contribution in [1.29, 1.82) is 5.41 Å². The van der Waals surface area contributed by atoms with Crippen LogP contribution in [0.25, 0.3) is 0 Å². The number of benzene rings is 2. The molecule has 2 heterocycles. The number of ether oxygens (including phenoxy) is 1. The van der Waals surface area contributed by atoms with Crippen molar-refractivity contribution in [2.75, 3.05) is 36.5 Å². The van der Waals surface area contributed by atoms with Crippen LogP contribution in [0, 0.1) is 11.3 Å². The van der Waals surface area contributed by atoms with Crippen LogP contribution in [-0.2, 0) is 11.2 Å². The summed E-state index contributed by atoms with van der Waals surface area (Å²) >= 11 is 1.91. The molecule has 1 saturated heterocycles. The van der Waals surface area contributed by atoms with Crippen molar-refractivity contribution in [3.05, 3.63) is 59.2 Å². The number of rotatable bonds is 5. The van der Waals surface area contributed by atoms with Crippen LogP contribution in [0.2, 0.25) is 0 Å². The first-order chi connectivity index (χ1) is 15.0. The highest BCUT2D eigenvalue weighted by atomic mass is 32.2. The number of carbonyl (C=O) groups is 2. The fourth-order valence-electron chi connectivity index (χ4n) is 3.84. The molecule has 4 rings (SSSR count). The first-order valence-corrected chi connectivity index (χ1v) is 11.5. The highest BCUT2D eigenvalue weighted by molar-refractivity contribution is 7.99. The summed E-state index contributed by atoms with van der Waals surface area (Å²) in [5.74, 6) is 2.17. The van der Waals surface area contributed by atoms with Crippen LogP contribution in [0.3, 0.4) is 0 Å². The van der Waals surface area contributed by atoms with Crippen molar-refractivity contribution in [3.63, 3.8) is 0 Å².